The lowest BCUT2D eigenvalue weighted by Crippen LogP contribution is -2.61. The normalized spacial score (nSPS) is 44.6. The minimum absolute atomic E-state index is 0. The zero-order valence-corrected chi connectivity index (χ0v) is 38.3. The van der Waals surface area contributed by atoms with Gasteiger partial charge in [-0.05, 0) is 52.4 Å². The number of carbonyl (C=O) groups excluding carboxylic acids is 1. The average Bonchev–Trinajstić information content (AvgIpc) is 3.21. The number of carbonyl (C=O) groups is 2. The summed E-state index contributed by atoms with van der Waals surface area (Å²) >= 11 is 0. The van der Waals surface area contributed by atoms with Crippen molar-refractivity contribution in [2.75, 3.05) is 0 Å². The van der Waals surface area contributed by atoms with E-state index in [0.717, 1.165) is 12.8 Å². The molecule has 0 radical (unpaired) electrons. The molecule has 3 aliphatic rings. The van der Waals surface area contributed by atoms with Gasteiger partial charge in [0.25, 0.3) is 0 Å². The van der Waals surface area contributed by atoms with Crippen LogP contribution in [0.1, 0.15) is 91.9 Å². The van der Waals surface area contributed by atoms with Crippen LogP contribution in [0, 0.1) is 17.8 Å². The topological polar surface area (TPSA) is 351 Å². The predicted molar refractivity (Wildman–Crippen MR) is 241 cm³/mol. The highest BCUT2D eigenvalue weighted by Gasteiger charge is 2.51. The van der Waals surface area contributed by atoms with Crippen LogP contribution in [0.3, 0.4) is 0 Å². The molecule has 378 valence electrons. The number of nitrogens with two attached hydrogens (primary N) is 1. The van der Waals surface area contributed by atoms with Crippen LogP contribution in [0.2, 0.25) is 0 Å². The first-order chi connectivity index (χ1) is 30.6. The fourth-order valence-electron chi connectivity index (χ4n) is 8.11. The van der Waals surface area contributed by atoms with Crippen LogP contribution >= 0.6 is 0 Å². The fraction of sp³-hybridized carbons (Fsp3) is 0.702. The molecule has 3 aliphatic heterocycles. The van der Waals surface area contributed by atoms with Crippen molar-refractivity contribution in [1.82, 2.24) is 0 Å². The first-order valence-electron chi connectivity index (χ1n) is 22.6. The number of carboxylic acids is 1. The standard InChI is InChI=1S/C47H75NO17.H2O/c1-27-17-15-13-11-9-7-5-6-8-10-12-14-16-18-34(64-46-44(58)41(48)43(57)30(4)63-46)24-38-40(45(59)60)37(54)26-47(61,65-38)25-36(53)35(52)20-19-31(49)21-32(50)22-33(51)23-39(55)62-29(3)28(2)42(27)56;/h5-6,8,10-18,27-38,40-44,46,49-54,56-58,61H,7,9,19-26,48H2,1-4H3,(H,59,60);1H2/b6-5+,10-8+,13-11+,14-12+,17-15+,18-16+;/t27-,28-,29-,30+,31+,32+,33+,34-,35+,36+,37-,38-,40+,41-,42+,43+,44-,46-,47+;/m0./s1. The third-order valence-electron chi connectivity index (χ3n) is 12.2. The van der Waals surface area contributed by atoms with Crippen LogP contribution in [0.15, 0.2) is 72.9 Å². The Hall–Kier alpha value is -3.22. The van der Waals surface area contributed by atoms with E-state index in [0.29, 0.717) is 0 Å². The third-order valence-corrected chi connectivity index (χ3v) is 12.2. The minimum atomic E-state index is -2.35. The Kier molecular flexibility index (Phi) is 25.8. The Morgan fingerprint density at radius 2 is 1.27 bits per heavy atom. The molecule has 19 heteroatoms. The van der Waals surface area contributed by atoms with Crippen LogP contribution < -0.4 is 5.73 Å². The summed E-state index contributed by atoms with van der Waals surface area (Å²) in [7, 11) is 0. The summed E-state index contributed by atoms with van der Waals surface area (Å²) in [5, 5.41) is 118. The molecule has 0 unspecified atom stereocenters. The molecular weight excluding hydrogens is 867 g/mol. The van der Waals surface area contributed by atoms with Crippen molar-refractivity contribution in [2.45, 2.75) is 189 Å². The fourth-order valence-corrected chi connectivity index (χ4v) is 8.11. The van der Waals surface area contributed by atoms with E-state index in [1.165, 1.54) is 13.0 Å². The second-order valence-electron chi connectivity index (χ2n) is 17.8. The van der Waals surface area contributed by atoms with Gasteiger partial charge in [0.15, 0.2) is 12.1 Å². The lowest BCUT2D eigenvalue weighted by atomic mass is 9.82. The summed E-state index contributed by atoms with van der Waals surface area (Å²) in [6.07, 6.45) is 2.28. The van der Waals surface area contributed by atoms with Gasteiger partial charge in [-0.1, -0.05) is 86.8 Å². The van der Waals surface area contributed by atoms with Crippen LogP contribution in [-0.4, -0.2) is 171 Å². The van der Waals surface area contributed by atoms with E-state index in [1.807, 2.05) is 49.5 Å². The lowest BCUT2D eigenvalue weighted by molar-refractivity contribution is -0.310. The van der Waals surface area contributed by atoms with Crippen molar-refractivity contribution < 1.29 is 90.2 Å². The number of aliphatic carboxylic acids is 1. The minimum Gasteiger partial charge on any atom is -0.481 e. The quantitative estimate of drug-likeness (QED) is 0.167. The number of esters is 1. The lowest BCUT2D eigenvalue weighted by Gasteiger charge is -2.45. The second kappa shape index (κ2) is 29.0. The number of aliphatic hydroxyl groups is 10. The highest BCUT2D eigenvalue weighted by molar-refractivity contribution is 5.71. The molecule has 2 fully saturated rings. The summed E-state index contributed by atoms with van der Waals surface area (Å²) in [4.78, 5) is 25.1. The number of carboxylic acid groups (broad SMARTS) is 1. The molecular formula is C47H77NO18. The van der Waals surface area contributed by atoms with Gasteiger partial charge in [0.1, 0.15) is 18.1 Å². The molecule has 0 aromatic heterocycles. The van der Waals surface area contributed by atoms with Gasteiger partial charge in [0, 0.05) is 31.1 Å². The Morgan fingerprint density at radius 3 is 1.92 bits per heavy atom. The smallest absolute Gasteiger partial charge is 0.311 e. The second-order valence-corrected chi connectivity index (χ2v) is 17.8. The van der Waals surface area contributed by atoms with Crippen molar-refractivity contribution in [2.24, 2.45) is 23.5 Å². The molecule has 0 aliphatic carbocycles. The largest absolute Gasteiger partial charge is 0.481 e. The van der Waals surface area contributed by atoms with E-state index in [-0.39, 0.29) is 43.5 Å². The summed E-state index contributed by atoms with van der Waals surface area (Å²) in [6.45, 7) is 6.78. The van der Waals surface area contributed by atoms with E-state index in [1.54, 1.807) is 38.2 Å². The van der Waals surface area contributed by atoms with E-state index >= 15 is 0 Å². The van der Waals surface area contributed by atoms with Gasteiger partial charge in [0.2, 0.25) is 0 Å². The van der Waals surface area contributed by atoms with Gasteiger partial charge >= 0.3 is 11.9 Å². The molecule has 0 spiro atoms. The van der Waals surface area contributed by atoms with Crippen LogP contribution in [0.25, 0.3) is 0 Å². The van der Waals surface area contributed by atoms with E-state index < -0.39 is 141 Å². The van der Waals surface area contributed by atoms with Gasteiger partial charge < -0.3 is 86.3 Å². The summed E-state index contributed by atoms with van der Waals surface area (Å²) < 4.78 is 23.2. The Morgan fingerprint density at radius 1 is 0.697 bits per heavy atom. The zero-order valence-electron chi connectivity index (χ0n) is 38.3. The maximum absolute atomic E-state index is 12.6. The highest BCUT2D eigenvalue weighted by atomic mass is 16.7. The SMILES string of the molecule is C[C@@H]1[C@H](O)[C@@H](C)/C=C/C=C/CC/C=C/C=C/C=C/C=C/[C@H](O[C@@H]2O[C@H](C)[C@@H](O)[C@H](N)[C@@H]2O)C[C@@H]2O[C@](O)(C[C@@H](O)[C@H](O)CC[C@@H](O)C[C@@H](O)C[C@@H](O)CC(=O)O[C@H]1C)C[C@H](O)[C@H]2C(=O)O.O. The number of rotatable bonds is 3. The number of hydrogen-bond acceptors (Lipinski definition) is 17. The molecule has 0 amide bonds. The molecule has 0 saturated carbocycles. The van der Waals surface area contributed by atoms with Crippen molar-refractivity contribution in [3.8, 4) is 0 Å². The van der Waals surface area contributed by atoms with Gasteiger partial charge in [0.05, 0.1) is 79.6 Å². The molecule has 19 atom stereocenters. The van der Waals surface area contributed by atoms with Gasteiger partial charge in [-0.25, -0.2) is 0 Å². The molecule has 19 nitrogen and oxygen atoms in total. The monoisotopic (exact) mass is 944 g/mol. The molecule has 0 aromatic carbocycles. The van der Waals surface area contributed by atoms with E-state index in [2.05, 4.69) is 0 Å². The highest BCUT2D eigenvalue weighted by Crippen LogP contribution is 2.38. The third kappa shape index (κ3) is 19.4. The number of cyclic esters (lactones) is 1. The Labute approximate surface area is 387 Å². The molecule has 15 N–H and O–H groups in total. The number of ether oxygens (including phenoxy) is 4. The number of allylic oxidation sites excluding steroid dienone is 10. The first-order valence-corrected chi connectivity index (χ1v) is 22.6. The number of aliphatic hydroxyl groups excluding tert-OH is 9. The van der Waals surface area contributed by atoms with E-state index in [9.17, 15) is 65.8 Å². The van der Waals surface area contributed by atoms with Gasteiger partial charge in [-0.2, -0.15) is 0 Å². The van der Waals surface area contributed by atoms with Crippen molar-refractivity contribution in [3.05, 3.63) is 72.9 Å². The molecule has 2 saturated heterocycles. The Bertz CT molecular complexity index is 1620. The van der Waals surface area contributed by atoms with Crippen molar-refractivity contribution >= 4 is 11.9 Å². The first kappa shape index (κ1) is 58.9. The maximum atomic E-state index is 12.6. The summed E-state index contributed by atoms with van der Waals surface area (Å²) in [6, 6.07) is -1.14. The summed E-state index contributed by atoms with van der Waals surface area (Å²) in [5.41, 5.74) is 6.02. The summed E-state index contributed by atoms with van der Waals surface area (Å²) in [5.74, 6) is -6.82. The predicted octanol–water partition coefficient (Wildman–Crippen LogP) is 0.111. The molecule has 66 heavy (non-hydrogen) atoms. The zero-order chi connectivity index (χ0) is 48.4. The van der Waals surface area contributed by atoms with Crippen molar-refractivity contribution in [1.29, 1.82) is 0 Å². The van der Waals surface area contributed by atoms with E-state index in [4.69, 9.17) is 24.7 Å². The maximum Gasteiger partial charge on any atom is 0.311 e. The van der Waals surface area contributed by atoms with Crippen LogP contribution in [0.4, 0.5) is 0 Å². The molecule has 3 heterocycles. The van der Waals surface area contributed by atoms with Gasteiger partial charge in [-0.3, -0.25) is 9.59 Å². The average molecular weight is 944 g/mol. The number of fused-ring (bicyclic) bond motifs is 2. The van der Waals surface area contributed by atoms with Crippen LogP contribution in [-0.2, 0) is 28.5 Å². The Balaban J connectivity index is 0.0000150. The van der Waals surface area contributed by atoms with Gasteiger partial charge in [-0.15, -0.1) is 0 Å². The molecule has 0 aromatic rings. The molecule has 3 rings (SSSR count). The molecule has 2 bridgehead atoms. The van der Waals surface area contributed by atoms with Crippen LogP contribution in [0.5, 0.6) is 0 Å². The van der Waals surface area contributed by atoms with Crippen molar-refractivity contribution in [3.63, 3.8) is 0 Å². The number of hydrogen-bond donors (Lipinski definition) is 12.